The Kier molecular flexibility index (Phi) is 7.18. The summed E-state index contributed by atoms with van der Waals surface area (Å²) in [6.07, 6.45) is 4.27. The Hall–Kier alpha value is -2.77. The van der Waals surface area contributed by atoms with E-state index in [9.17, 15) is 4.39 Å². The van der Waals surface area contributed by atoms with Crippen molar-refractivity contribution in [1.29, 1.82) is 0 Å². The van der Waals surface area contributed by atoms with E-state index < -0.39 is 0 Å². The number of aromatic nitrogens is 2. The number of aromatic amines is 1. The van der Waals surface area contributed by atoms with Crippen LogP contribution in [0.25, 0.3) is 10.9 Å². The maximum absolute atomic E-state index is 13.6. The second kappa shape index (κ2) is 9.82. The third-order valence-electron chi connectivity index (χ3n) is 5.18. The molecule has 0 aliphatic carbocycles. The summed E-state index contributed by atoms with van der Waals surface area (Å²) in [4.78, 5) is 10.2. The average molecular weight is 427 g/mol. The van der Waals surface area contributed by atoms with Gasteiger partial charge in [0.25, 0.3) is 0 Å². The van der Waals surface area contributed by atoms with Crippen LogP contribution in [0.4, 0.5) is 10.1 Å². The number of fused-ring (bicyclic) bond motifs is 1. The second-order valence-electron chi connectivity index (χ2n) is 7.11. The first-order chi connectivity index (χ1) is 14.5. The van der Waals surface area contributed by atoms with Gasteiger partial charge in [-0.25, -0.2) is 4.39 Å². The quantitative estimate of drug-likeness (QED) is 0.303. The number of H-pyrrole nitrogens is 1. The second-order valence-corrected chi connectivity index (χ2v) is 7.49. The van der Waals surface area contributed by atoms with Crippen molar-refractivity contribution in [3.8, 4) is 0 Å². The molecule has 0 fully saturated rings. The molecule has 5 nitrogen and oxygen atoms in total. The molecule has 1 aromatic carbocycles. The molecule has 2 N–H and O–H groups in total. The Morgan fingerprint density at radius 2 is 2.07 bits per heavy atom. The normalized spacial score (nSPS) is 12.0. The number of halogens is 1. The minimum Gasteiger partial charge on any atom is -0.383 e. The van der Waals surface area contributed by atoms with Gasteiger partial charge >= 0.3 is 0 Å². The van der Waals surface area contributed by atoms with Crippen LogP contribution in [0.1, 0.15) is 29.4 Å². The average Bonchev–Trinajstić information content (AvgIpc) is 3.03. The fraction of sp³-hybridized carbons (Fsp3) is 0.304. The van der Waals surface area contributed by atoms with Gasteiger partial charge in [-0.1, -0.05) is 6.08 Å². The zero-order valence-corrected chi connectivity index (χ0v) is 18.4. The first-order valence-electron chi connectivity index (χ1n) is 9.84. The number of pyridine rings is 1. The molecule has 3 aromatic rings. The minimum absolute atomic E-state index is 0.225. The lowest BCUT2D eigenvalue weighted by molar-refractivity contribution is 0.204. The van der Waals surface area contributed by atoms with Crippen LogP contribution >= 0.6 is 12.2 Å². The Morgan fingerprint density at radius 1 is 1.33 bits per heavy atom. The molecule has 0 saturated carbocycles. The van der Waals surface area contributed by atoms with Gasteiger partial charge in [0.2, 0.25) is 0 Å². The zero-order chi connectivity index (χ0) is 21.7. The summed E-state index contributed by atoms with van der Waals surface area (Å²) in [6.45, 7) is 9.17. The number of nitrogens with zero attached hydrogens (tertiary/aromatic N) is 2. The summed E-state index contributed by atoms with van der Waals surface area (Å²) in [5, 5.41) is 4.88. The van der Waals surface area contributed by atoms with Crippen molar-refractivity contribution in [2.24, 2.45) is 0 Å². The molecule has 0 bridgehead atoms. The monoisotopic (exact) mass is 426 g/mol. The van der Waals surface area contributed by atoms with Crippen molar-refractivity contribution in [3.05, 3.63) is 72.0 Å². The summed E-state index contributed by atoms with van der Waals surface area (Å²) >= 11 is 5.74. The van der Waals surface area contributed by atoms with Crippen molar-refractivity contribution in [2.45, 2.75) is 26.3 Å². The van der Waals surface area contributed by atoms with Crippen molar-refractivity contribution in [1.82, 2.24) is 15.3 Å². The standard InChI is InChI=1S/C23H27FN4OS/c1-5-6-20(22-21-19(11-12-25-22)15(2)16(3)27-21)28(23(30)26-13-14-29-4)18-9-7-17(24)8-10-18/h5,7-12,20,27H,1,6,13-14H2,2-4H3,(H,26,30). The Morgan fingerprint density at radius 3 is 2.73 bits per heavy atom. The van der Waals surface area contributed by atoms with E-state index in [1.165, 1.54) is 17.7 Å². The minimum atomic E-state index is -0.298. The number of hydrogen-bond donors (Lipinski definition) is 2. The lowest BCUT2D eigenvalue weighted by Crippen LogP contribution is -2.43. The van der Waals surface area contributed by atoms with Gasteiger partial charge in [0, 0.05) is 36.6 Å². The molecule has 2 aromatic heterocycles. The van der Waals surface area contributed by atoms with Crippen LogP contribution in [0.15, 0.2) is 49.2 Å². The van der Waals surface area contributed by atoms with Crippen LogP contribution in [0.2, 0.25) is 0 Å². The largest absolute Gasteiger partial charge is 0.383 e. The van der Waals surface area contributed by atoms with Gasteiger partial charge in [-0.15, -0.1) is 6.58 Å². The van der Waals surface area contributed by atoms with Crippen LogP contribution < -0.4 is 10.2 Å². The fourth-order valence-electron chi connectivity index (χ4n) is 3.54. The lowest BCUT2D eigenvalue weighted by Gasteiger charge is -2.33. The lowest BCUT2D eigenvalue weighted by atomic mass is 10.0. The summed E-state index contributed by atoms with van der Waals surface area (Å²) in [6, 6.07) is 8.10. The smallest absolute Gasteiger partial charge is 0.174 e. The van der Waals surface area contributed by atoms with E-state index in [0.29, 0.717) is 24.7 Å². The van der Waals surface area contributed by atoms with E-state index in [0.717, 1.165) is 28.0 Å². The van der Waals surface area contributed by atoms with Gasteiger partial charge in [-0.05, 0) is 68.4 Å². The zero-order valence-electron chi connectivity index (χ0n) is 17.5. The van der Waals surface area contributed by atoms with E-state index in [1.807, 2.05) is 23.2 Å². The number of anilines is 1. The molecule has 158 valence electrons. The maximum Gasteiger partial charge on any atom is 0.174 e. The van der Waals surface area contributed by atoms with Crippen molar-refractivity contribution >= 4 is 33.9 Å². The SMILES string of the molecule is C=CCC(c1nccc2c(C)c(C)[nH]c12)N(C(=S)NCCOC)c1ccc(F)cc1. The predicted molar refractivity (Wildman–Crippen MR) is 124 cm³/mol. The highest BCUT2D eigenvalue weighted by atomic mass is 32.1. The van der Waals surface area contributed by atoms with Crippen LogP contribution in [0, 0.1) is 19.7 Å². The number of thiocarbonyl (C=S) groups is 1. The van der Waals surface area contributed by atoms with Gasteiger partial charge in [0.15, 0.2) is 5.11 Å². The molecule has 0 saturated heterocycles. The maximum atomic E-state index is 13.6. The highest BCUT2D eigenvalue weighted by molar-refractivity contribution is 7.80. The molecule has 1 atom stereocenters. The molecule has 1 unspecified atom stereocenters. The van der Waals surface area contributed by atoms with E-state index >= 15 is 0 Å². The van der Waals surface area contributed by atoms with Crippen LogP contribution in [-0.2, 0) is 4.74 Å². The first-order valence-corrected chi connectivity index (χ1v) is 10.2. The molecule has 2 heterocycles. The van der Waals surface area contributed by atoms with Gasteiger partial charge in [-0.3, -0.25) is 4.98 Å². The molecule has 0 radical (unpaired) electrons. The number of hydrogen-bond acceptors (Lipinski definition) is 3. The third-order valence-corrected chi connectivity index (χ3v) is 5.52. The molecular formula is C23H27FN4OS. The van der Waals surface area contributed by atoms with E-state index in [4.69, 9.17) is 21.9 Å². The summed E-state index contributed by atoms with van der Waals surface area (Å²) < 4.78 is 18.7. The molecule has 3 rings (SSSR count). The number of benzene rings is 1. The number of ether oxygens (including phenoxy) is 1. The van der Waals surface area contributed by atoms with Gasteiger partial charge in [-0.2, -0.15) is 0 Å². The van der Waals surface area contributed by atoms with Crippen LogP contribution in [0.3, 0.4) is 0 Å². The Balaban J connectivity index is 2.12. The van der Waals surface area contributed by atoms with Crippen molar-refractivity contribution in [2.75, 3.05) is 25.2 Å². The third kappa shape index (κ3) is 4.52. The van der Waals surface area contributed by atoms with E-state index in [2.05, 4.69) is 30.7 Å². The molecule has 7 heteroatoms. The number of methoxy groups -OCH3 is 1. The van der Waals surface area contributed by atoms with Crippen LogP contribution in [0.5, 0.6) is 0 Å². The Bertz CT molecular complexity index is 1030. The molecule has 30 heavy (non-hydrogen) atoms. The predicted octanol–water partition coefficient (Wildman–Crippen LogP) is 4.96. The highest BCUT2D eigenvalue weighted by Gasteiger charge is 2.27. The fourth-order valence-corrected chi connectivity index (χ4v) is 3.88. The number of aryl methyl sites for hydroxylation is 2. The number of nitrogens with one attached hydrogen (secondary N) is 2. The molecule has 0 amide bonds. The molecule has 0 spiro atoms. The van der Waals surface area contributed by atoms with Gasteiger partial charge in [0.1, 0.15) is 5.82 Å². The van der Waals surface area contributed by atoms with Gasteiger partial charge < -0.3 is 19.9 Å². The van der Waals surface area contributed by atoms with E-state index in [-0.39, 0.29) is 11.9 Å². The van der Waals surface area contributed by atoms with Gasteiger partial charge in [0.05, 0.1) is 23.9 Å². The molecule has 0 aliphatic heterocycles. The van der Waals surface area contributed by atoms with E-state index in [1.54, 1.807) is 19.2 Å². The molecule has 0 aliphatic rings. The summed E-state index contributed by atoms with van der Waals surface area (Å²) in [5.41, 5.74) is 4.91. The number of rotatable bonds is 8. The van der Waals surface area contributed by atoms with Crippen molar-refractivity contribution < 1.29 is 9.13 Å². The van der Waals surface area contributed by atoms with Crippen molar-refractivity contribution in [3.63, 3.8) is 0 Å². The van der Waals surface area contributed by atoms with Crippen LogP contribution in [-0.4, -0.2) is 35.3 Å². The highest BCUT2D eigenvalue weighted by Crippen LogP contribution is 2.34. The Labute approximate surface area is 182 Å². The molecular weight excluding hydrogens is 399 g/mol. The first kappa shape index (κ1) is 21.9. The topological polar surface area (TPSA) is 53.2 Å². The summed E-state index contributed by atoms with van der Waals surface area (Å²) in [5.74, 6) is -0.298. The summed E-state index contributed by atoms with van der Waals surface area (Å²) in [7, 11) is 1.64.